The highest BCUT2D eigenvalue weighted by atomic mass is 127. The average Bonchev–Trinajstić information content (AvgIpc) is 2.98. The second-order valence-corrected chi connectivity index (χ2v) is 7.19. The van der Waals surface area contributed by atoms with Gasteiger partial charge < -0.3 is 10.6 Å². The fourth-order valence-corrected chi connectivity index (χ4v) is 3.60. The second-order valence-electron chi connectivity index (χ2n) is 5.91. The summed E-state index contributed by atoms with van der Waals surface area (Å²) in [5, 5.41) is 7.98. The Labute approximate surface area is 172 Å². The monoisotopic (exact) mass is 472 g/mol. The molecule has 0 spiro atoms. The molecule has 0 amide bonds. The quantitative estimate of drug-likeness (QED) is 0.362. The van der Waals surface area contributed by atoms with Gasteiger partial charge in [-0.1, -0.05) is 44.2 Å². The third-order valence-electron chi connectivity index (χ3n) is 4.07. The molecule has 0 bridgehead atoms. The smallest absolute Gasteiger partial charge is 0.191 e. The van der Waals surface area contributed by atoms with E-state index < -0.39 is 0 Å². The number of aromatic nitrogens is 1. The van der Waals surface area contributed by atoms with Crippen LogP contribution in [0.2, 0.25) is 0 Å². The molecule has 1 heterocycles. The Morgan fingerprint density at radius 3 is 2.56 bits per heavy atom. The van der Waals surface area contributed by atoms with Gasteiger partial charge in [0.05, 0.1) is 10.7 Å². The van der Waals surface area contributed by atoms with Crippen LogP contribution in [0.4, 0.5) is 0 Å². The van der Waals surface area contributed by atoms with Crippen molar-refractivity contribution in [1.29, 1.82) is 0 Å². The maximum atomic E-state index is 4.68. The molecule has 1 atom stereocenters. The summed E-state index contributed by atoms with van der Waals surface area (Å²) in [6.07, 6.45) is 1.94. The minimum atomic E-state index is 0. The van der Waals surface area contributed by atoms with E-state index in [4.69, 9.17) is 0 Å². The molecule has 25 heavy (non-hydrogen) atoms. The molecule has 0 saturated heterocycles. The van der Waals surface area contributed by atoms with Crippen molar-refractivity contribution >= 4 is 41.3 Å². The van der Waals surface area contributed by atoms with E-state index in [0.717, 1.165) is 31.9 Å². The summed E-state index contributed by atoms with van der Waals surface area (Å²) in [6.45, 7) is 8.23. The number of nitrogens with zero attached hydrogens (tertiary/aromatic N) is 2. The molecule has 0 radical (unpaired) electrons. The second kappa shape index (κ2) is 11.5. The van der Waals surface area contributed by atoms with Crippen molar-refractivity contribution in [2.24, 2.45) is 4.99 Å². The van der Waals surface area contributed by atoms with E-state index in [1.807, 2.05) is 7.05 Å². The minimum absolute atomic E-state index is 0. The number of guanidine groups is 1. The van der Waals surface area contributed by atoms with Gasteiger partial charge in [-0.3, -0.25) is 4.99 Å². The highest BCUT2D eigenvalue weighted by molar-refractivity contribution is 14.0. The van der Waals surface area contributed by atoms with Crippen LogP contribution in [0.25, 0.3) is 0 Å². The van der Waals surface area contributed by atoms with E-state index >= 15 is 0 Å². The first-order valence-corrected chi connectivity index (χ1v) is 9.40. The molecule has 2 N–H and O–H groups in total. The van der Waals surface area contributed by atoms with Crippen molar-refractivity contribution in [3.63, 3.8) is 0 Å². The Bertz CT molecular complexity index is 655. The van der Waals surface area contributed by atoms with E-state index in [2.05, 4.69) is 71.7 Å². The van der Waals surface area contributed by atoms with Gasteiger partial charge in [-0.05, 0) is 24.8 Å². The summed E-state index contributed by atoms with van der Waals surface area (Å²) in [5.74, 6) is 1.29. The minimum Gasteiger partial charge on any atom is -0.356 e. The van der Waals surface area contributed by atoms with E-state index in [-0.39, 0.29) is 24.0 Å². The molecule has 0 aliphatic heterocycles. The summed E-state index contributed by atoms with van der Waals surface area (Å²) in [4.78, 5) is 10.3. The van der Waals surface area contributed by atoms with Gasteiger partial charge in [-0.15, -0.1) is 35.3 Å². The fourth-order valence-electron chi connectivity index (χ4n) is 2.58. The van der Waals surface area contributed by atoms with Crippen LogP contribution in [0.1, 0.15) is 40.9 Å². The van der Waals surface area contributed by atoms with Crippen LogP contribution >= 0.6 is 35.3 Å². The lowest BCUT2D eigenvalue weighted by Crippen LogP contribution is -2.39. The van der Waals surface area contributed by atoms with Gasteiger partial charge in [0.25, 0.3) is 0 Å². The molecular weight excluding hydrogens is 443 g/mol. The van der Waals surface area contributed by atoms with Gasteiger partial charge in [0.2, 0.25) is 0 Å². The topological polar surface area (TPSA) is 49.3 Å². The van der Waals surface area contributed by atoms with Crippen molar-refractivity contribution < 1.29 is 0 Å². The van der Waals surface area contributed by atoms with Crippen molar-refractivity contribution in [2.45, 2.75) is 39.5 Å². The summed E-state index contributed by atoms with van der Waals surface area (Å²) in [6, 6.07) is 10.5. The number of hydrogen-bond acceptors (Lipinski definition) is 3. The Balaban J connectivity index is 0.00000312. The van der Waals surface area contributed by atoms with Crippen molar-refractivity contribution in [3.8, 4) is 0 Å². The Morgan fingerprint density at radius 2 is 1.96 bits per heavy atom. The van der Waals surface area contributed by atoms with Crippen LogP contribution < -0.4 is 10.6 Å². The van der Waals surface area contributed by atoms with Crippen LogP contribution in [0.5, 0.6) is 0 Å². The van der Waals surface area contributed by atoms with Gasteiger partial charge in [0.1, 0.15) is 0 Å². The number of benzene rings is 1. The van der Waals surface area contributed by atoms with Crippen LogP contribution in [0.15, 0.2) is 35.3 Å². The van der Waals surface area contributed by atoms with Gasteiger partial charge >= 0.3 is 0 Å². The molecule has 0 aliphatic carbocycles. The summed E-state index contributed by atoms with van der Waals surface area (Å²) in [5.41, 5.74) is 2.57. The molecule has 1 unspecified atom stereocenters. The Hall–Kier alpha value is -1.15. The molecule has 138 valence electrons. The first-order valence-electron chi connectivity index (χ1n) is 8.58. The van der Waals surface area contributed by atoms with E-state index in [1.165, 1.54) is 21.1 Å². The molecule has 6 heteroatoms. The van der Waals surface area contributed by atoms with Crippen LogP contribution in [0, 0.1) is 6.92 Å². The standard InChI is InChI=1S/C19H28N4S.HI/c1-5-17-15(3)24-18(23-17)11-12-21-19(20-4)22-13-14(2)16-9-7-6-8-10-16;/h6-10,14H,5,11-13H2,1-4H3,(H2,20,21,22);1H. The maximum Gasteiger partial charge on any atom is 0.191 e. The lowest BCUT2D eigenvalue weighted by atomic mass is 10.0. The van der Waals surface area contributed by atoms with Gasteiger partial charge in [0, 0.05) is 31.4 Å². The van der Waals surface area contributed by atoms with Gasteiger partial charge in [-0.2, -0.15) is 0 Å². The number of thiazole rings is 1. The maximum absolute atomic E-state index is 4.68. The largest absolute Gasteiger partial charge is 0.356 e. The highest BCUT2D eigenvalue weighted by Gasteiger charge is 2.08. The molecular formula is C19H29IN4S. The van der Waals surface area contributed by atoms with Gasteiger partial charge in [-0.25, -0.2) is 4.98 Å². The number of aliphatic imine (C=N–C) groups is 1. The van der Waals surface area contributed by atoms with Gasteiger partial charge in [0.15, 0.2) is 5.96 Å². The van der Waals surface area contributed by atoms with Crippen molar-refractivity contribution in [3.05, 3.63) is 51.5 Å². The lowest BCUT2D eigenvalue weighted by Gasteiger charge is -2.16. The zero-order valence-corrected chi connectivity index (χ0v) is 18.7. The van der Waals surface area contributed by atoms with Crippen molar-refractivity contribution in [1.82, 2.24) is 15.6 Å². The number of nitrogens with one attached hydrogen (secondary N) is 2. The highest BCUT2D eigenvalue weighted by Crippen LogP contribution is 2.18. The molecule has 0 aliphatic rings. The molecule has 4 nitrogen and oxygen atoms in total. The zero-order chi connectivity index (χ0) is 17.4. The molecule has 1 aromatic heterocycles. The first-order chi connectivity index (χ1) is 11.6. The summed E-state index contributed by atoms with van der Waals surface area (Å²) < 4.78 is 0. The molecule has 2 aromatic rings. The van der Waals surface area contributed by atoms with Crippen LogP contribution in [0.3, 0.4) is 0 Å². The van der Waals surface area contributed by atoms with Crippen molar-refractivity contribution in [2.75, 3.05) is 20.1 Å². The van der Waals surface area contributed by atoms with E-state index in [0.29, 0.717) is 5.92 Å². The molecule has 0 saturated carbocycles. The zero-order valence-electron chi connectivity index (χ0n) is 15.5. The number of rotatable bonds is 7. The number of hydrogen-bond donors (Lipinski definition) is 2. The normalized spacial score (nSPS) is 12.4. The predicted octanol–water partition coefficient (Wildman–Crippen LogP) is 4.14. The first kappa shape index (κ1) is 21.9. The van der Waals surface area contributed by atoms with E-state index in [1.54, 1.807) is 11.3 Å². The third kappa shape index (κ3) is 6.93. The average molecular weight is 472 g/mol. The molecule has 1 aromatic carbocycles. The fraction of sp³-hybridized carbons (Fsp3) is 0.474. The third-order valence-corrected chi connectivity index (χ3v) is 5.14. The Kier molecular flexibility index (Phi) is 10.0. The Morgan fingerprint density at radius 1 is 1.24 bits per heavy atom. The SMILES string of the molecule is CCc1nc(CCNC(=NC)NCC(C)c2ccccc2)sc1C.I. The van der Waals surface area contributed by atoms with Crippen LogP contribution in [-0.4, -0.2) is 31.1 Å². The molecule has 2 rings (SSSR count). The summed E-state index contributed by atoms with van der Waals surface area (Å²) >= 11 is 1.80. The lowest BCUT2D eigenvalue weighted by molar-refractivity contribution is 0.697. The molecule has 0 fully saturated rings. The van der Waals surface area contributed by atoms with E-state index in [9.17, 15) is 0 Å². The number of halogens is 1. The van der Waals surface area contributed by atoms with Crippen LogP contribution in [-0.2, 0) is 12.8 Å². The number of aryl methyl sites for hydroxylation is 2. The predicted molar refractivity (Wildman–Crippen MR) is 120 cm³/mol. The summed E-state index contributed by atoms with van der Waals surface area (Å²) in [7, 11) is 1.81.